The van der Waals surface area contributed by atoms with E-state index in [0.717, 1.165) is 39.3 Å². The molecule has 2 heterocycles. The lowest BCUT2D eigenvalue weighted by Crippen LogP contribution is -2.44. The van der Waals surface area contributed by atoms with E-state index in [1.807, 2.05) is 11.3 Å². The van der Waals surface area contributed by atoms with Crippen LogP contribution in [0.4, 0.5) is 0 Å². The van der Waals surface area contributed by atoms with Crippen LogP contribution in [0.2, 0.25) is 0 Å². The Bertz CT molecular complexity index is 374. The van der Waals surface area contributed by atoms with Gasteiger partial charge in [-0.15, -0.1) is 11.3 Å². The first-order valence-electron chi connectivity index (χ1n) is 7.33. The zero-order valence-corrected chi connectivity index (χ0v) is 13.1. The molecular formula is C15H26N2OS. The van der Waals surface area contributed by atoms with Crippen molar-refractivity contribution in [3.05, 3.63) is 21.9 Å². The van der Waals surface area contributed by atoms with E-state index in [-0.39, 0.29) is 0 Å². The van der Waals surface area contributed by atoms with Crippen molar-refractivity contribution in [1.29, 1.82) is 0 Å². The summed E-state index contributed by atoms with van der Waals surface area (Å²) in [6, 6.07) is 5.48. The summed E-state index contributed by atoms with van der Waals surface area (Å²) in [6.45, 7) is 11.8. The second-order valence-electron chi connectivity index (χ2n) is 5.36. The van der Waals surface area contributed by atoms with Crippen molar-refractivity contribution in [3.63, 3.8) is 0 Å². The zero-order valence-electron chi connectivity index (χ0n) is 12.3. The molecule has 1 aliphatic rings. The van der Waals surface area contributed by atoms with Gasteiger partial charge in [0.2, 0.25) is 0 Å². The Balaban J connectivity index is 1.78. The van der Waals surface area contributed by atoms with Gasteiger partial charge in [-0.1, -0.05) is 6.92 Å². The van der Waals surface area contributed by atoms with E-state index in [9.17, 15) is 0 Å². The fourth-order valence-corrected chi connectivity index (χ4v) is 3.51. The van der Waals surface area contributed by atoms with E-state index in [0.29, 0.717) is 12.1 Å². The van der Waals surface area contributed by atoms with Crippen molar-refractivity contribution < 1.29 is 4.74 Å². The van der Waals surface area contributed by atoms with E-state index < -0.39 is 0 Å². The predicted octanol–water partition coefficient (Wildman–Crippen LogP) is 2.68. The molecule has 0 radical (unpaired) electrons. The van der Waals surface area contributed by atoms with Crippen LogP contribution in [-0.4, -0.2) is 43.8 Å². The van der Waals surface area contributed by atoms with E-state index >= 15 is 0 Å². The van der Waals surface area contributed by atoms with Gasteiger partial charge in [-0.3, -0.25) is 4.90 Å². The summed E-state index contributed by atoms with van der Waals surface area (Å²) in [5.74, 6) is 0. The van der Waals surface area contributed by atoms with Gasteiger partial charge in [0, 0.05) is 41.5 Å². The number of rotatable bonds is 6. The zero-order chi connectivity index (χ0) is 13.7. The van der Waals surface area contributed by atoms with E-state index in [1.165, 1.54) is 9.75 Å². The maximum Gasteiger partial charge on any atom is 0.0594 e. The largest absolute Gasteiger partial charge is 0.379 e. The van der Waals surface area contributed by atoms with Gasteiger partial charge in [0.25, 0.3) is 0 Å². The van der Waals surface area contributed by atoms with Gasteiger partial charge < -0.3 is 10.1 Å². The molecule has 1 saturated heterocycles. The Morgan fingerprint density at radius 1 is 1.32 bits per heavy atom. The number of thiophene rings is 1. The van der Waals surface area contributed by atoms with Crippen molar-refractivity contribution in [2.24, 2.45) is 0 Å². The molecule has 0 bridgehead atoms. The third-order valence-electron chi connectivity index (χ3n) is 3.63. The monoisotopic (exact) mass is 282 g/mol. The lowest BCUT2D eigenvalue weighted by molar-refractivity contribution is 0.0339. The number of nitrogens with zero attached hydrogens (tertiary/aromatic N) is 1. The summed E-state index contributed by atoms with van der Waals surface area (Å²) >= 11 is 1.93. The van der Waals surface area contributed by atoms with Gasteiger partial charge in [0.05, 0.1) is 13.2 Å². The van der Waals surface area contributed by atoms with Crippen molar-refractivity contribution in [2.75, 3.05) is 32.8 Å². The fraction of sp³-hybridized carbons (Fsp3) is 0.733. The second kappa shape index (κ2) is 7.39. The first-order chi connectivity index (χ1) is 9.19. The summed E-state index contributed by atoms with van der Waals surface area (Å²) in [5.41, 5.74) is 0. The second-order valence-corrected chi connectivity index (χ2v) is 6.56. The molecule has 19 heavy (non-hydrogen) atoms. The van der Waals surface area contributed by atoms with Crippen LogP contribution in [0, 0.1) is 0 Å². The number of aryl methyl sites for hydroxylation is 1. The number of nitrogens with one attached hydrogen (secondary N) is 1. The van der Waals surface area contributed by atoms with Crippen molar-refractivity contribution >= 4 is 11.3 Å². The molecular weight excluding hydrogens is 256 g/mol. The SMILES string of the molecule is CCc1ccc(C(C)NC(C)CN2CCOCC2)s1. The van der Waals surface area contributed by atoms with E-state index in [1.54, 1.807) is 0 Å². The normalized spacial score (nSPS) is 20.4. The van der Waals surface area contributed by atoms with Gasteiger partial charge in [-0.05, 0) is 32.4 Å². The molecule has 1 N–H and O–H groups in total. The van der Waals surface area contributed by atoms with Gasteiger partial charge in [-0.2, -0.15) is 0 Å². The molecule has 4 heteroatoms. The van der Waals surface area contributed by atoms with Crippen molar-refractivity contribution in [1.82, 2.24) is 10.2 Å². The molecule has 0 aliphatic carbocycles. The van der Waals surface area contributed by atoms with Gasteiger partial charge in [0.15, 0.2) is 0 Å². The standard InChI is InChI=1S/C15H26N2OS/c1-4-14-5-6-15(19-14)13(3)16-12(2)11-17-7-9-18-10-8-17/h5-6,12-13,16H,4,7-11H2,1-3H3. The van der Waals surface area contributed by atoms with E-state index in [4.69, 9.17) is 4.74 Å². The highest BCUT2D eigenvalue weighted by Crippen LogP contribution is 2.23. The smallest absolute Gasteiger partial charge is 0.0594 e. The number of hydrogen-bond donors (Lipinski definition) is 1. The maximum absolute atomic E-state index is 5.39. The average Bonchev–Trinajstić information content (AvgIpc) is 2.88. The molecule has 0 amide bonds. The molecule has 108 valence electrons. The Morgan fingerprint density at radius 2 is 2.05 bits per heavy atom. The summed E-state index contributed by atoms with van der Waals surface area (Å²) < 4.78 is 5.39. The Hall–Kier alpha value is -0.420. The summed E-state index contributed by atoms with van der Waals surface area (Å²) in [5, 5.41) is 3.71. The molecule has 1 aliphatic heterocycles. The van der Waals surface area contributed by atoms with Gasteiger partial charge >= 0.3 is 0 Å². The first-order valence-corrected chi connectivity index (χ1v) is 8.15. The molecule has 0 aromatic carbocycles. The lowest BCUT2D eigenvalue weighted by atomic mass is 10.2. The maximum atomic E-state index is 5.39. The molecule has 1 aromatic rings. The predicted molar refractivity (Wildman–Crippen MR) is 82.0 cm³/mol. The summed E-state index contributed by atoms with van der Waals surface area (Å²) in [7, 11) is 0. The van der Waals surface area contributed by atoms with Crippen LogP contribution in [0.15, 0.2) is 12.1 Å². The molecule has 2 unspecified atom stereocenters. The highest BCUT2D eigenvalue weighted by molar-refractivity contribution is 7.12. The van der Waals surface area contributed by atoms with Crippen LogP contribution >= 0.6 is 11.3 Å². The quantitative estimate of drug-likeness (QED) is 0.868. The number of ether oxygens (including phenoxy) is 1. The van der Waals surface area contributed by atoms with Crippen LogP contribution in [-0.2, 0) is 11.2 Å². The van der Waals surface area contributed by atoms with Crippen molar-refractivity contribution in [2.45, 2.75) is 39.3 Å². The van der Waals surface area contributed by atoms with Crippen LogP contribution < -0.4 is 5.32 Å². The Morgan fingerprint density at radius 3 is 2.68 bits per heavy atom. The Kier molecular flexibility index (Phi) is 5.82. The average molecular weight is 282 g/mol. The minimum atomic E-state index is 0.446. The minimum absolute atomic E-state index is 0.446. The highest BCUT2D eigenvalue weighted by atomic mass is 32.1. The topological polar surface area (TPSA) is 24.5 Å². The molecule has 1 aromatic heterocycles. The first kappa shape index (κ1) is 15.0. The Labute approximate surface area is 121 Å². The summed E-state index contributed by atoms with van der Waals surface area (Å²) in [4.78, 5) is 5.41. The van der Waals surface area contributed by atoms with Crippen molar-refractivity contribution in [3.8, 4) is 0 Å². The van der Waals surface area contributed by atoms with Gasteiger partial charge in [-0.25, -0.2) is 0 Å². The molecule has 1 fully saturated rings. The lowest BCUT2D eigenvalue weighted by Gasteiger charge is -2.30. The number of hydrogen-bond acceptors (Lipinski definition) is 4. The summed E-state index contributed by atoms with van der Waals surface area (Å²) in [6.07, 6.45) is 1.14. The molecule has 2 atom stereocenters. The van der Waals surface area contributed by atoms with E-state index in [2.05, 4.69) is 43.1 Å². The molecule has 0 saturated carbocycles. The molecule has 0 spiro atoms. The number of morpholine rings is 1. The van der Waals surface area contributed by atoms with Crippen LogP contribution in [0.1, 0.15) is 36.6 Å². The van der Waals surface area contributed by atoms with Gasteiger partial charge in [0.1, 0.15) is 0 Å². The third-order valence-corrected chi connectivity index (χ3v) is 5.04. The van der Waals surface area contributed by atoms with Crippen LogP contribution in [0.5, 0.6) is 0 Å². The molecule has 2 rings (SSSR count). The minimum Gasteiger partial charge on any atom is -0.379 e. The van der Waals surface area contributed by atoms with Crippen LogP contribution in [0.3, 0.4) is 0 Å². The highest BCUT2D eigenvalue weighted by Gasteiger charge is 2.16. The molecule has 3 nitrogen and oxygen atoms in total. The van der Waals surface area contributed by atoms with Crippen LogP contribution in [0.25, 0.3) is 0 Å². The fourth-order valence-electron chi connectivity index (χ4n) is 2.55. The third kappa shape index (κ3) is 4.56.